The van der Waals surface area contributed by atoms with E-state index in [2.05, 4.69) is 20.6 Å². The highest BCUT2D eigenvalue weighted by atomic mass is 16.2. The number of hydrogen-bond donors (Lipinski definition) is 3. The molecule has 3 N–H and O–H groups in total. The van der Waals surface area contributed by atoms with Gasteiger partial charge in [-0.15, -0.1) is 0 Å². The lowest BCUT2D eigenvalue weighted by molar-refractivity contribution is -0.126. The van der Waals surface area contributed by atoms with Crippen LogP contribution in [0.25, 0.3) is 11.0 Å². The topological polar surface area (TPSA) is 86.9 Å². The van der Waals surface area contributed by atoms with Gasteiger partial charge in [0.2, 0.25) is 17.8 Å². The van der Waals surface area contributed by atoms with E-state index >= 15 is 0 Å². The lowest BCUT2D eigenvalue weighted by Gasteiger charge is -2.13. The number of amides is 2. The van der Waals surface area contributed by atoms with Crippen LogP contribution in [0.15, 0.2) is 54.6 Å². The highest BCUT2D eigenvalue weighted by molar-refractivity contribution is 5.96. The molecule has 1 aromatic heterocycles. The Labute approximate surface area is 145 Å². The van der Waals surface area contributed by atoms with Gasteiger partial charge in [-0.2, -0.15) is 0 Å². The average Bonchev–Trinajstić information content (AvgIpc) is 3.03. The van der Waals surface area contributed by atoms with Crippen molar-refractivity contribution in [1.82, 2.24) is 15.3 Å². The van der Waals surface area contributed by atoms with E-state index in [1.54, 1.807) is 6.92 Å². The van der Waals surface area contributed by atoms with E-state index in [4.69, 9.17) is 0 Å². The molecular weight excluding hydrogens is 316 g/mol. The van der Waals surface area contributed by atoms with E-state index in [0.717, 1.165) is 16.6 Å². The average molecular weight is 336 g/mol. The number of rotatable bonds is 6. The van der Waals surface area contributed by atoms with Crippen molar-refractivity contribution in [2.75, 3.05) is 5.32 Å². The summed E-state index contributed by atoms with van der Waals surface area (Å²) in [6.45, 7) is 1.65. The summed E-state index contributed by atoms with van der Waals surface area (Å²) in [6.07, 6.45) is 0.983. The number of para-hydroxylation sites is 2. The van der Waals surface area contributed by atoms with Crippen molar-refractivity contribution >= 4 is 28.8 Å². The lowest BCUT2D eigenvalue weighted by atomic mass is 10.1. The van der Waals surface area contributed by atoms with E-state index in [-0.39, 0.29) is 11.8 Å². The molecule has 6 heteroatoms. The third kappa shape index (κ3) is 4.44. The van der Waals surface area contributed by atoms with Crippen LogP contribution >= 0.6 is 0 Å². The number of carbonyl (C=O) groups is 2. The zero-order chi connectivity index (χ0) is 17.6. The zero-order valence-electron chi connectivity index (χ0n) is 14.0. The highest BCUT2D eigenvalue weighted by Crippen LogP contribution is 2.13. The van der Waals surface area contributed by atoms with Crippen molar-refractivity contribution in [1.29, 1.82) is 0 Å². The first-order valence-electron chi connectivity index (χ1n) is 8.21. The number of H-pyrrole nitrogens is 1. The molecule has 0 bridgehead atoms. The number of fused-ring (bicyclic) bond motifs is 1. The van der Waals surface area contributed by atoms with Gasteiger partial charge in [0.25, 0.3) is 0 Å². The van der Waals surface area contributed by atoms with Crippen LogP contribution in [0.5, 0.6) is 0 Å². The molecule has 3 rings (SSSR count). The van der Waals surface area contributed by atoms with Crippen molar-refractivity contribution in [3.63, 3.8) is 0 Å². The summed E-state index contributed by atoms with van der Waals surface area (Å²) < 4.78 is 0. The van der Waals surface area contributed by atoms with Gasteiger partial charge >= 0.3 is 0 Å². The number of hydrogen-bond acceptors (Lipinski definition) is 3. The number of aryl methyl sites for hydroxylation is 1. The van der Waals surface area contributed by atoms with Crippen LogP contribution in [0.1, 0.15) is 18.9 Å². The van der Waals surface area contributed by atoms with Crippen molar-refractivity contribution in [3.05, 3.63) is 60.2 Å². The Kier molecular flexibility index (Phi) is 5.09. The Morgan fingerprint density at radius 1 is 1.08 bits per heavy atom. The maximum Gasteiger partial charge on any atom is 0.248 e. The SMILES string of the molecule is C[C@@H](NC(=O)CCc1ccccc1)C(=O)Nc1nc2ccccc2[nH]1. The lowest BCUT2D eigenvalue weighted by Crippen LogP contribution is -2.41. The molecule has 0 aliphatic rings. The van der Waals surface area contributed by atoms with E-state index in [0.29, 0.717) is 18.8 Å². The molecule has 6 nitrogen and oxygen atoms in total. The molecule has 128 valence electrons. The summed E-state index contributed by atoms with van der Waals surface area (Å²) in [7, 11) is 0. The van der Waals surface area contributed by atoms with Crippen LogP contribution in [0.4, 0.5) is 5.95 Å². The molecule has 2 aromatic carbocycles. The minimum Gasteiger partial charge on any atom is -0.345 e. The molecule has 0 unspecified atom stereocenters. The van der Waals surface area contributed by atoms with Crippen molar-refractivity contribution in [3.8, 4) is 0 Å². The molecule has 0 aliphatic carbocycles. The fourth-order valence-corrected chi connectivity index (χ4v) is 2.52. The molecule has 0 saturated carbocycles. The monoisotopic (exact) mass is 336 g/mol. The third-order valence-corrected chi connectivity index (χ3v) is 3.89. The fourth-order valence-electron chi connectivity index (χ4n) is 2.52. The molecule has 0 spiro atoms. The maximum absolute atomic E-state index is 12.2. The molecule has 3 aromatic rings. The molecule has 25 heavy (non-hydrogen) atoms. The number of imidazole rings is 1. The first-order chi connectivity index (χ1) is 12.1. The first kappa shape index (κ1) is 16.7. The van der Waals surface area contributed by atoms with E-state index in [9.17, 15) is 9.59 Å². The van der Waals surface area contributed by atoms with Gasteiger partial charge in [-0.3, -0.25) is 14.9 Å². The Balaban J connectivity index is 1.50. The molecule has 1 heterocycles. The number of aromatic nitrogens is 2. The number of nitrogens with zero attached hydrogens (tertiary/aromatic N) is 1. The summed E-state index contributed by atoms with van der Waals surface area (Å²) >= 11 is 0. The summed E-state index contributed by atoms with van der Waals surface area (Å²) in [5.41, 5.74) is 2.71. The minimum absolute atomic E-state index is 0.156. The predicted molar refractivity (Wildman–Crippen MR) is 97.1 cm³/mol. The maximum atomic E-state index is 12.2. The molecular formula is C19H20N4O2. The van der Waals surface area contributed by atoms with Crippen molar-refractivity contribution in [2.24, 2.45) is 0 Å². The van der Waals surface area contributed by atoms with Crippen LogP contribution in [0.2, 0.25) is 0 Å². The Bertz CT molecular complexity index is 840. The molecule has 1 atom stereocenters. The van der Waals surface area contributed by atoms with Crippen molar-refractivity contribution < 1.29 is 9.59 Å². The van der Waals surface area contributed by atoms with Crippen LogP contribution in [-0.2, 0) is 16.0 Å². The van der Waals surface area contributed by atoms with Gasteiger partial charge in [0.1, 0.15) is 6.04 Å². The predicted octanol–water partition coefficient (Wildman–Crippen LogP) is 2.64. The largest absolute Gasteiger partial charge is 0.345 e. The van der Waals surface area contributed by atoms with Crippen LogP contribution < -0.4 is 10.6 Å². The quantitative estimate of drug-likeness (QED) is 0.647. The summed E-state index contributed by atoms with van der Waals surface area (Å²) in [5, 5.41) is 5.40. The smallest absolute Gasteiger partial charge is 0.248 e. The second-order valence-electron chi connectivity index (χ2n) is 5.87. The number of nitrogens with one attached hydrogen (secondary N) is 3. The standard InChI is InChI=1S/C19H20N4O2/c1-13(20-17(24)12-11-14-7-3-2-4-8-14)18(25)23-19-21-15-9-5-6-10-16(15)22-19/h2-10,13H,11-12H2,1H3,(H,20,24)(H2,21,22,23,25)/t13-/m1/s1. The Morgan fingerprint density at radius 2 is 1.80 bits per heavy atom. The molecule has 0 aliphatic heterocycles. The van der Waals surface area contributed by atoms with Gasteiger partial charge < -0.3 is 10.3 Å². The molecule has 0 radical (unpaired) electrons. The van der Waals surface area contributed by atoms with Crippen LogP contribution in [-0.4, -0.2) is 27.8 Å². The summed E-state index contributed by atoms with van der Waals surface area (Å²) in [5.74, 6) is -0.0974. The molecule has 2 amide bonds. The van der Waals surface area contributed by atoms with Crippen LogP contribution in [0, 0.1) is 0 Å². The van der Waals surface area contributed by atoms with Gasteiger partial charge in [-0.25, -0.2) is 4.98 Å². The van der Waals surface area contributed by atoms with Gasteiger partial charge in [-0.1, -0.05) is 42.5 Å². The van der Waals surface area contributed by atoms with Crippen molar-refractivity contribution in [2.45, 2.75) is 25.8 Å². The Hall–Kier alpha value is -3.15. The van der Waals surface area contributed by atoms with E-state index in [1.807, 2.05) is 54.6 Å². The van der Waals surface area contributed by atoms with Crippen LogP contribution in [0.3, 0.4) is 0 Å². The number of anilines is 1. The molecule has 0 saturated heterocycles. The van der Waals surface area contributed by atoms with Gasteiger partial charge in [0.05, 0.1) is 11.0 Å². The summed E-state index contributed by atoms with van der Waals surface area (Å²) in [4.78, 5) is 31.5. The number of aromatic amines is 1. The fraction of sp³-hybridized carbons (Fsp3) is 0.211. The van der Waals surface area contributed by atoms with Gasteiger partial charge in [-0.05, 0) is 31.0 Å². The van der Waals surface area contributed by atoms with Gasteiger partial charge in [0, 0.05) is 6.42 Å². The number of carbonyl (C=O) groups excluding carboxylic acids is 2. The number of benzene rings is 2. The minimum atomic E-state index is -0.642. The first-order valence-corrected chi connectivity index (χ1v) is 8.21. The normalized spacial score (nSPS) is 11.9. The van der Waals surface area contributed by atoms with Gasteiger partial charge in [0.15, 0.2) is 0 Å². The molecule has 0 fully saturated rings. The second kappa shape index (κ2) is 7.61. The van der Waals surface area contributed by atoms with E-state index in [1.165, 1.54) is 0 Å². The zero-order valence-corrected chi connectivity index (χ0v) is 14.0. The highest BCUT2D eigenvalue weighted by Gasteiger charge is 2.17. The Morgan fingerprint density at radius 3 is 2.56 bits per heavy atom. The summed E-state index contributed by atoms with van der Waals surface area (Å²) in [6, 6.07) is 16.6. The third-order valence-electron chi connectivity index (χ3n) is 3.89. The second-order valence-corrected chi connectivity index (χ2v) is 5.87. The van der Waals surface area contributed by atoms with E-state index < -0.39 is 6.04 Å².